The Bertz CT molecular complexity index is 2610. The molecule has 0 fully saturated rings. The molecule has 86 heavy (non-hydrogen) atoms. The summed E-state index contributed by atoms with van der Waals surface area (Å²) in [5.74, 6) is 0.0642. The summed E-state index contributed by atoms with van der Waals surface area (Å²) >= 11 is 0. The standard InChI is InChI=1S/C38H58O6.C36H54O6/c1-35(2,3)27-21-25(22-28(33(27)41)36(4,5)6)15-17-31(39)43-19-13-14-20-44-32(40)18-16-26-23-29(37(7,8)9)34(42)30(24-26)38(10,11)12;1-33(2,3)25-19-23(20-26(31(25)39)34(4,5)6)13-15-29(37)41-17-18-42-30(38)16-14-24-21-27(35(7,8)9)32(40)28(22-24)36(10,11)12/h21-24,41-42H,13-20H2,1-12H3;19-22,39-40H,13-18H2,1-12H3. The van der Waals surface area contributed by atoms with E-state index in [0.717, 1.165) is 66.8 Å². The minimum atomic E-state index is -0.359. The second-order valence-electron chi connectivity index (χ2n) is 31.7. The number of phenolic OH excluding ortho intramolecular Hbond substituents is 4. The van der Waals surface area contributed by atoms with E-state index in [0.29, 0.717) is 61.5 Å². The summed E-state index contributed by atoms with van der Waals surface area (Å²) in [6, 6.07) is 15.9. The van der Waals surface area contributed by atoms with Gasteiger partial charge in [-0.05, 0) is 149 Å². The van der Waals surface area contributed by atoms with Crippen molar-refractivity contribution in [3.63, 3.8) is 0 Å². The van der Waals surface area contributed by atoms with Gasteiger partial charge in [0.15, 0.2) is 0 Å². The van der Waals surface area contributed by atoms with E-state index in [1.165, 1.54) is 0 Å². The topological polar surface area (TPSA) is 186 Å². The van der Waals surface area contributed by atoms with Gasteiger partial charge >= 0.3 is 23.9 Å². The van der Waals surface area contributed by atoms with Crippen LogP contribution in [0.4, 0.5) is 0 Å². The predicted molar refractivity (Wildman–Crippen MR) is 348 cm³/mol. The summed E-state index contributed by atoms with van der Waals surface area (Å²) in [6.45, 7) is 50.2. The Morgan fingerprint density at radius 3 is 0.547 bits per heavy atom. The zero-order chi connectivity index (χ0) is 65.9. The zero-order valence-corrected chi connectivity index (χ0v) is 57.6. The molecule has 0 aliphatic carbocycles. The summed E-state index contributed by atoms with van der Waals surface area (Å²) in [6.07, 6.45) is 4.20. The van der Waals surface area contributed by atoms with Crippen molar-refractivity contribution in [1.29, 1.82) is 0 Å². The molecule has 0 heterocycles. The van der Waals surface area contributed by atoms with Crippen molar-refractivity contribution in [3.8, 4) is 23.0 Å². The van der Waals surface area contributed by atoms with Crippen molar-refractivity contribution in [2.24, 2.45) is 0 Å². The molecule has 0 amide bonds. The molecule has 0 saturated heterocycles. The Kier molecular flexibility index (Phi) is 25.3. The summed E-state index contributed by atoms with van der Waals surface area (Å²) < 4.78 is 21.5. The van der Waals surface area contributed by atoms with Gasteiger partial charge in [-0.3, -0.25) is 19.2 Å². The number of phenols is 4. The fraction of sp³-hybridized carbons (Fsp3) is 0.622. The fourth-order valence-electron chi connectivity index (χ4n) is 10.1. The Balaban J connectivity index is 0.000000451. The lowest BCUT2D eigenvalue weighted by molar-refractivity contribution is -0.152. The minimum absolute atomic E-state index is 0.00217. The van der Waals surface area contributed by atoms with Gasteiger partial charge in [-0.2, -0.15) is 0 Å². The van der Waals surface area contributed by atoms with Gasteiger partial charge in [0.05, 0.1) is 13.2 Å². The zero-order valence-electron chi connectivity index (χ0n) is 57.6. The van der Waals surface area contributed by atoms with E-state index in [1.54, 1.807) is 0 Å². The van der Waals surface area contributed by atoms with Crippen LogP contribution in [0.25, 0.3) is 0 Å². The van der Waals surface area contributed by atoms with Gasteiger partial charge < -0.3 is 39.4 Å². The normalized spacial score (nSPS) is 12.7. The largest absolute Gasteiger partial charge is 0.507 e. The van der Waals surface area contributed by atoms with Crippen LogP contribution >= 0.6 is 0 Å². The van der Waals surface area contributed by atoms with Crippen molar-refractivity contribution in [1.82, 2.24) is 0 Å². The number of hydrogen-bond donors (Lipinski definition) is 4. The predicted octanol–water partition coefficient (Wildman–Crippen LogP) is 16.7. The lowest BCUT2D eigenvalue weighted by Gasteiger charge is -2.28. The van der Waals surface area contributed by atoms with Crippen molar-refractivity contribution in [3.05, 3.63) is 115 Å². The fourth-order valence-corrected chi connectivity index (χ4v) is 10.1. The van der Waals surface area contributed by atoms with Gasteiger partial charge in [0.25, 0.3) is 0 Å². The molecule has 480 valence electrons. The third-order valence-electron chi connectivity index (χ3n) is 15.3. The molecule has 12 nitrogen and oxygen atoms in total. The monoisotopic (exact) mass is 1190 g/mol. The Morgan fingerprint density at radius 2 is 0.407 bits per heavy atom. The summed E-state index contributed by atoms with van der Waals surface area (Å²) in [7, 11) is 0. The average Bonchev–Trinajstić information content (AvgIpc) is 1.11. The molecule has 0 aliphatic rings. The molecule has 0 saturated carbocycles. The van der Waals surface area contributed by atoms with Crippen LogP contribution in [0.2, 0.25) is 0 Å². The van der Waals surface area contributed by atoms with E-state index < -0.39 is 0 Å². The SMILES string of the molecule is CC(C)(C)c1cc(CCC(=O)OCCCCOC(=O)CCc2cc(C(C)(C)C)c(O)c(C(C)(C)C)c2)cc(C(C)(C)C)c1O.CC(C)(C)c1cc(CCC(=O)OCCOC(=O)CCc2cc(C(C)(C)C)c(O)c(C(C)(C)C)c2)cc(C(C)(C)C)c1O. The Morgan fingerprint density at radius 1 is 0.267 bits per heavy atom. The van der Waals surface area contributed by atoms with E-state index in [2.05, 4.69) is 166 Å². The number of carbonyl (C=O) groups is 4. The van der Waals surface area contributed by atoms with Gasteiger partial charge in [0.2, 0.25) is 0 Å². The van der Waals surface area contributed by atoms with Gasteiger partial charge in [-0.15, -0.1) is 0 Å². The molecular formula is C74H112O12. The number of ether oxygens (including phenoxy) is 4. The highest BCUT2D eigenvalue weighted by Crippen LogP contribution is 2.44. The minimum Gasteiger partial charge on any atom is -0.507 e. The highest BCUT2D eigenvalue weighted by atomic mass is 16.6. The van der Waals surface area contributed by atoms with Crippen LogP contribution in [-0.4, -0.2) is 70.7 Å². The second-order valence-corrected chi connectivity index (χ2v) is 31.7. The van der Waals surface area contributed by atoms with Crippen molar-refractivity contribution in [2.75, 3.05) is 26.4 Å². The maximum absolute atomic E-state index is 12.4. The van der Waals surface area contributed by atoms with Crippen LogP contribution in [0.15, 0.2) is 48.5 Å². The number of rotatable bonds is 20. The van der Waals surface area contributed by atoms with Crippen LogP contribution in [0.5, 0.6) is 23.0 Å². The van der Waals surface area contributed by atoms with E-state index in [-0.39, 0.29) is 119 Å². The molecule has 0 atom stereocenters. The molecule has 0 aliphatic heterocycles. The Hall–Kier alpha value is -6.04. The first-order chi connectivity index (χ1) is 39.0. The van der Waals surface area contributed by atoms with Gasteiger partial charge in [-0.25, -0.2) is 0 Å². The number of aromatic hydroxyl groups is 4. The maximum Gasteiger partial charge on any atom is 0.306 e. The maximum atomic E-state index is 12.4. The third-order valence-corrected chi connectivity index (χ3v) is 15.3. The van der Waals surface area contributed by atoms with Gasteiger partial charge in [0.1, 0.15) is 36.2 Å². The quantitative estimate of drug-likeness (QED) is 0.0373. The number of aryl methyl sites for hydroxylation is 4. The number of hydrogen-bond acceptors (Lipinski definition) is 12. The molecule has 4 aromatic rings. The van der Waals surface area contributed by atoms with Crippen LogP contribution in [0.1, 0.15) is 271 Å². The van der Waals surface area contributed by atoms with Crippen LogP contribution in [0, 0.1) is 0 Å². The number of esters is 4. The molecule has 0 spiro atoms. The van der Waals surface area contributed by atoms with Crippen molar-refractivity contribution < 1.29 is 58.6 Å². The first-order valence-corrected chi connectivity index (χ1v) is 31.1. The van der Waals surface area contributed by atoms with E-state index in [9.17, 15) is 39.6 Å². The summed E-state index contributed by atoms with van der Waals surface area (Å²) in [5, 5.41) is 43.7. The van der Waals surface area contributed by atoms with Gasteiger partial charge in [-0.1, -0.05) is 215 Å². The number of unbranched alkanes of at least 4 members (excludes halogenated alkanes) is 1. The highest BCUT2D eigenvalue weighted by Gasteiger charge is 2.31. The molecule has 0 aromatic heterocycles. The number of benzene rings is 4. The molecule has 4 N–H and O–H groups in total. The lowest BCUT2D eigenvalue weighted by atomic mass is 9.78. The van der Waals surface area contributed by atoms with E-state index in [4.69, 9.17) is 18.9 Å². The average molecular weight is 1190 g/mol. The summed E-state index contributed by atoms with van der Waals surface area (Å²) in [4.78, 5) is 49.7. The second kappa shape index (κ2) is 29.3. The van der Waals surface area contributed by atoms with Crippen LogP contribution in [0.3, 0.4) is 0 Å². The summed E-state index contributed by atoms with van der Waals surface area (Å²) in [5.41, 5.74) is 9.12. The lowest BCUT2D eigenvalue weighted by Crippen LogP contribution is -2.18. The van der Waals surface area contributed by atoms with E-state index >= 15 is 0 Å². The smallest absolute Gasteiger partial charge is 0.306 e. The third kappa shape index (κ3) is 22.9. The Labute approximate surface area is 518 Å². The van der Waals surface area contributed by atoms with Crippen molar-refractivity contribution in [2.45, 2.75) is 274 Å². The molecule has 4 rings (SSSR count). The molecule has 0 unspecified atom stereocenters. The molecule has 0 bridgehead atoms. The van der Waals surface area contributed by atoms with Crippen molar-refractivity contribution >= 4 is 23.9 Å². The highest BCUT2D eigenvalue weighted by molar-refractivity contribution is 5.72. The van der Waals surface area contributed by atoms with Crippen LogP contribution in [-0.2, 0) is 107 Å². The molecule has 4 aromatic carbocycles. The van der Waals surface area contributed by atoms with Gasteiger partial charge in [0, 0.05) is 25.7 Å². The molecular weight excluding hydrogens is 1080 g/mol. The molecule has 0 radical (unpaired) electrons. The molecule has 12 heteroatoms. The van der Waals surface area contributed by atoms with Crippen LogP contribution < -0.4 is 0 Å². The van der Waals surface area contributed by atoms with E-state index in [1.807, 2.05) is 48.5 Å². The first kappa shape index (κ1) is 74.2. The number of carbonyl (C=O) groups excluding carboxylic acids is 4. The first-order valence-electron chi connectivity index (χ1n) is 31.1.